The lowest BCUT2D eigenvalue weighted by Gasteiger charge is -2.14. The molecule has 2 aromatic rings. The lowest BCUT2D eigenvalue weighted by atomic mass is 10.1. The maximum Gasteiger partial charge on any atom is 0.337 e. The second kappa shape index (κ2) is 6.20. The van der Waals surface area contributed by atoms with Crippen molar-refractivity contribution in [2.24, 2.45) is 0 Å². The number of benzene rings is 2. The molecule has 0 aromatic heterocycles. The summed E-state index contributed by atoms with van der Waals surface area (Å²) in [7, 11) is 2.47. The van der Waals surface area contributed by atoms with Gasteiger partial charge in [-0.1, -0.05) is 6.07 Å². The van der Waals surface area contributed by atoms with E-state index in [-0.39, 0.29) is 27.9 Å². The van der Waals surface area contributed by atoms with Crippen LogP contribution in [0.25, 0.3) is 0 Å². The molecule has 2 aromatic carbocycles. The summed E-state index contributed by atoms with van der Waals surface area (Å²) < 4.78 is 9.27. The van der Waals surface area contributed by atoms with Crippen molar-refractivity contribution in [1.82, 2.24) is 0 Å². The van der Waals surface area contributed by atoms with E-state index >= 15 is 0 Å². The van der Waals surface area contributed by atoms with E-state index in [9.17, 15) is 19.2 Å². The van der Waals surface area contributed by atoms with Gasteiger partial charge in [-0.25, -0.2) is 14.5 Å². The Hall–Kier alpha value is -3.48. The Balaban J connectivity index is 2.03. The molecule has 0 saturated carbocycles. The number of rotatable bonds is 3. The predicted octanol–water partition coefficient (Wildman–Crippen LogP) is 2.06. The molecule has 0 unspecified atom stereocenters. The fourth-order valence-electron chi connectivity index (χ4n) is 2.61. The van der Waals surface area contributed by atoms with Gasteiger partial charge in [0.15, 0.2) is 0 Å². The molecule has 0 saturated heterocycles. The van der Waals surface area contributed by atoms with Crippen LogP contribution in [0.2, 0.25) is 0 Å². The molecule has 3 rings (SSSR count). The van der Waals surface area contributed by atoms with Crippen LogP contribution in [0.1, 0.15) is 41.4 Å². The number of amides is 2. The number of carbonyl (C=O) groups excluding carboxylic acids is 4. The van der Waals surface area contributed by atoms with Gasteiger partial charge in [-0.2, -0.15) is 0 Å². The molecule has 2 amide bonds. The van der Waals surface area contributed by atoms with Crippen LogP contribution < -0.4 is 4.90 Å². The van der Waals surface area contributed by atoms with Crippen molar-refractivity contribution in [3.8, 4) is 0 Å². The lowest BCUT2D eigenvalue weighted by molar-refractivity contribution is 0.0591. The number of hydrogen-bond acceptors (Lipinski definition) is 6. The number of ether oxygens (including phenoxy) is 2. The summed E-state index contributed by atoms with van der Waals surface area (Å²) in [6.07, 6.45) is 0. The zero-order valence-corrected chi connectivity index (χ0v) is 13.4. The number of imide groups is 1. The SMILES string of the molecule is COC(=O)c1cccc(N2C(=O)c3ccc(C(=O)OC)cc3C2=O)c1. The number of carbonyl (C=O) groups is 4. The van der Waals surface area contributed by atoms with Gasteiger partial charge in [-0.3, -0.25) is 9.59 Å². The number of anilines is 1. The molecule has 7 heteroatoms. The quantitative estimate of drug-likeness (QED) is 0.628. The van der Waals surface area contributed by atoms with E-state index < -0.39 is 23.8 Å². The van der Waals surface area contributed by atoms with E-state index in [4.69, 9.17) is 0 Å². The average molecular weight is 339 g/mol. The van der Waals surface area contributed by atoms with Gasteiger partial charge in [-0.05, 0) is 36.4 Å². The number of methoxy groups -OCH3 is 2. The first-order valence-corrected chi connectivity index (χ1v) is 7.27. The number of esters is 2. The molecule has 0 aliphatic carbocycles. The summed E-state index contributed by atoms with van der Waals surface area (Å²) in [4.78, 5) is 49.5. The Morgan fingerprint density at radius 1 is 0.800 bits per heavy atom. The van der Waals surface area contributed by atoms with E-state index in [1.807, 2.05) is 0 Å². The molecule has 7 nitrogen and oxygen atoms in total. The fraction of sp³-hybridized carbons (Fsp3) is 0.111. The van der Waals surface area contributed by atoms with Crippen molar-refractivity contribution in [3.63, 3.8) is 0 Å². The highest BCUT2D eigenvalue weighted by atomic mass is 16.5. The van der Waals surface area contributed by atoms with Crippen LogP contribution >= 0.6 is 0 Å². The van der Waals surface area contributed by atoms with Crippen LogP contribution in [-0.2, 0) is 9.47 Å². The topological polar surface area (TPSA) is 90.0 Å². The monoisotopic (exact) mass is 339 g/mol. The third kappa shape index (κ3) is 2.65. The minimum atomic E-state index is -0.603. The first-order valence-electron chi connectivity index (χ1n) is 7.27. The van der Waals surface area contributed by atoms with Crippen LogP contribution in [0.4, 0.5) is 5.69 Å². The smallest absolute Gasteiger partial charge is 0.337 e. The van der Waals surface area contributed by atoms with Gasteiger partial charge in [-0.15, -0.1) is 0 Å². The van der Waals surface area contributed by atoms with Crippen LogP contribution in [0, 0.1) is 0 Å². The van der Waals surface area contributed by atoms with Gasteiger partial charge < -0.3 is 9.47 Å². The van der Waals surface area contributed by atoms with E-state index in [2.05, 4.69) is 9.47 Å². The van der Waals surface area contributed by atoms with Crippen molar-refractivity contribution in [2.45, 2.75) is 0 Å². The van der Waals surface area contributed by atoms with E-state index in [0.717, 1.165) is 4.90 Å². The zero-order chi connectivity index (χ0) is 18.1. The molecular weight excluding hydrogens is 326 g/mol. The summed E-state index contributed by atoms with van der Waals surface area (Å²) >= 11 is 0. The van der Waals surface area contributed by atoms with Crippen molar-refractivity contribution in [2.75, 3.05) is 19.1 Å². The van der Waals surface area contributed by atoms with Gasteiger partial charge in [0.25, 0.3) is 11.8 Å². The highest BCUT2D eigenvalue weighted by Gasteiger charge is 2.37. The van der Waals surface area contributed by atoms with E-state index in [0.29, 0.717) is 0 Å². The third-order valence-electron chi connectivity index (χ3n) is 3.83. The second-order valence-corrected chi connectivity index (χ2v) is 5.24. The fourth-order valence-corrected chi connectivity index (χ4v) is 2.61. The highest BCUT2D eigenvalue weighted by Crippen LogP contribution is 2.29. The Morgan fingerprint density at radius 3 is 2.04 bits per heavy atom. The summed E-state index contributed by atoms with van der Waals surface area (Å²) in [6.45, 7) is 0. The normalized spacial score (nSPS) is 12.8. The molecule has 0 bridgehead atoms. The zero-order valence-electron chi connectivity index (χ0n) is 13.4. The molecule has 0 N–H and O–H groups in total. The Bertz CT molecular complexity index is 918. The number of fused-ring (bicyclic) bond motifs is 1. The third-order valence-corrected chi connectivity index (χ3v) is 3.83. The van der Waals surface area contributed by atoms with Gasteiger partial charge >= 0.3 is 11.9 Å². The molecule has 0 spiro atoms. The molecule has 0 fully saturated rings. The van der Waals surface area contributed by atoms with Crippen molar-refractivity contribution in [3.05, 3.63) is 64.7 Å². The molecule has 0 atom stereocenters. The molecule has 1 aliphatic heterocycles. The maximum absolute atomic E-state index is 12.7. The maximum atomic E-state index is 12.7. The molecular formula is C18H13NO6. The minimum Gasteiger partial charge on any atom is -0.465 e. The molecule has 1 aliphatic rings. The molecule has 1 heterocycles. The average Bonchev–Trinajstić information content (AvgIpc) is 2.90. The minimum absolute atomic E-state index is 0.108. The molecule has 25 heavy (non-hydrogen) atoms. The van der Waals surface area contributed by atoms with Gasteiger partial charge in [0.05, 0.1) is 42.2 Å². The first-order chi connectivity index (χ1) is 12.0. The second-order valence-electron chi connectivity index (χ2n) is 5.24. The number of nitrogens with zero attached hydrogens (tertiary/aromatic N) is 1. The highest BCUT2D eigenvalue weighted by molar-refractivity contribution is 6.34. The van der Waals surface area contributed by atoms with E-state index in [1.54, 1.807) is 6.07 Å². The largest absolute Gasteiger partial charge is 0.465 e. The molecule has 0 radical (unpaired) electrons. The Kier molecular flexibility index (Phi) is 4.06. The number of hydrogen-bond donors (Lipinski definition) is 0. The molecule has 126 valence electrons. The van der Waals surface area contributed by atoms with Crippen molar-refractivity contribution in [1.29, 1.82) is 0 Å². The van der Waals surface area contributed by atoms with E-state index in [1.165, 1.54) is 50.6 Å². The van der Waals surface area contributed by atoms with Gasteiger partial charge in [0.1, 0.15) is 0 Å². The van der Waals surface area contributed by atoms with Crippen molar-refractivity contribution < 1.29 is 28.7 Å². The van der Waals surface area contributed by atoms with Crippen LogP contribution in [0.15, 0.2) is 42.5 Å². The van der Waals surface area contributed by atoms with Crippen LogP contribution in [-0.4, -0.2) is 38.0 Å². The standard InChI is InChI=1S/C18H13NO6/c1-24-17(22)10-4-3-5-12(8-10)19-15(20)13-7-6-11(18(23)25-2)9-14(13)16(19)21/h3-9H,1-2H3. The van der Waals surface area contributed by atoms with Gasteiger partial charge in [0, 0.05) is 0 Å². The first kappa shape index (κ1) is 16.4. The lowest BCUT2D eigenvalue weighted by Crippen LogP contribution is -2.29. The Morgan fingerprint density at radius 2 is 1.40 bits per heavy atom. The summed E-state index contributed by atoms with van der Waals surface area (Å²) in [5, 5.41) is 0. The van der Waals surface area contributed by atoms with Crippen molar-refractivity contribution >= 4 is 29.4 Å². The summed E-state index contributed by atoms with van der Waals surface area (Å²) in [5.41, 5.74) is 0.922. The summed E-state index contributed by atoms with van der Waals surface area (Å²) in [6, 6.07) is 10.2. The van der Waals surface area contributed by atoms with Crippen LogP contribution in [0.3, 0.4) is 0 Å². The predicted molar refractivity (Wildman–Crippen MR) is 86.7 cm³/mol. The van der Waals surface area contributed by atoms with Crippen LogP contribution in [0.5, 0.6) is 0 Å². The summed E-state index contributed by atoms with van der Waals surface area (Å²) in [5.74, 6) is -2.29. The van der Waals surface area contributed by atoms with Gasteiger partial charge in [0.2, 0.25) is 0 Å². The Labute approximate surface area is 142 Å².